The molecule has 0 bridgehead atoms. The van der Waals surface area contributed by atoms with Crippen LogP contribution in [0.15, 0.2) is 28.4 Å². The number of ether oxygens (including phenoxy) is 1. The highest BCUT2D eigenvalue weighted by atomic mass is 16.6. The van der Waals surface area contributed by atoms with Gasteiger partial charge in [-0.15, -0.1) is 0 Å². The van der Waals surface area contributed by atoms with Gasteiger partial charge in [-0.2, -0.15) is 10.2 Å². The summed E-state index contributed by atoms with van der Waals surface area (Å²) in [5.74, 6) is -1.51. The molecule has 2 rings (SSSR count). The Hall–Kier alpha value is -3.37. The van der Waals surface area contributed by atoms with Crippen LogP contribution in [-0.4, -0.2) is 35.9 Å². The molecule has 1 aliphatic rings. The Bertz CT molecular complexity index is 696. The molecule has 1 aromatic carbocycles. The van der Waals surface area contributed by atoms with E-state index < -0.39 is 28.8 Å². The average Bonchev–Trinajstić information content (AvgIpc) is 2.49. The van der Waals surface area contributed by atoms with Crippen LogP contribution in [-0.2, 0) is 16.1 Å². The van der Waals surface area contributed by atoms with Crippen LogP contribution in [0, 0.1) is 10.1 Å². The molecule has 1 heterocycles. The van der Waals surface area contributed by atoms with Gasteiger partial charge in [0.2, 0.25) is 6.04 Å². The van der Waals surface area contributed by atoms with Gasteiger partial charge in [-0.1, -0.05) is 0 Å². The second-order valence-corrected chi connectivity index (χ2v) is 4.38. The number of nitrogens with one attached hydrogen (secondary N) is 2. The van der Waals surface area contributed by atoms with E-state index in [1.807, 2.05) is 10.6 Å². The Morgan fingerprint density at radius 2 is 1.91 bits per heavy atom. The predicted molar refractivity (Wildman–Crippen MR) is 73.7 cm³/mol. The maximum Gasteiger partial charge on any atom is 0.328 e. The maximum atomic E-state index is 11.4. The van der Waals surface area contributed by atoms with Crippen LogP contribution >= 0.6 is 0 Å². The van der Waals surface area contributed by atoms with Crippen molar-refractivity contribution in [3.05, 3.63) is 33.9 Å². The number of carbonyl (C=O) groups is 3. The number of rotatable bonds is 5. The molecule has 23 heavy (non-hydrogen) atoms. The fourth-order valence-electron chi connectivity index (χ4n) is 1.79. The number of barbiturate groups is 1. The molecule has 4 amide bonds. The van der Waals surface area contributed by atoms with Gasteiger partial charge < -0.3 is 4.74 Å². The number of benzene rings is 1. The van der Waals surface area contributed by atoms with Gasteiger partial charge in [0.15, 0.2) is 0 Å². The van der Waals surface area contributed by atoms with E-state index in [0.717, 1.165) is 0 Å². The molecule has 1 aromatic rings. The fraction of sp³-hybridized carbons (Fsp3) is 0.250. The van der Waals surface area contributed by atoms with Crippen LogP contribution in [0.2, 0.25) is 0 Å². The van der Waals surface area contributed by atoms with Crippen LogP contribution < -0.4 is 15.4 Å². The smallest absolute Gasteiger partial charge is 0.328 e. The molecule has 0 saturated carbocycles. The molecular formula is C12H11N5O6. The van der Waals surface area contributed by atoms with Gasteiger partial charge in [0, 0.05) is 0 Å². The van der Waals surface area contributed by atoms with Crippen molar-refractivity contribution in [1.29, 1.82) is 0 Å². The minimum Gasteiger partial charge on any atom is -0.497 e. The van der Waals surface area contributed by atoms with E-state index >= 15 is 0 Å². The van der Waals surface area contributed by atoms with Crippen LogP contribution in [0.1, 0.15) is 5.56 Å². The Balaban J connectivity index is 2.14. The number of methoxy groups -OCH3 is 1. The number of hydrogen-bond donors (Lipinski definition) is 2. The first-order valence-corrected chi connectivity index (χ1v) is 6.26. The van der Waals surface area contributed by atoms with E-state index in [0.29, 0.717) is 5.75 Å². The normalized spacial score (nSPS) is 15.4. The molecule has 1 saturated heterocycles. The number of amides is 4. The van der Waals surface area contributed by atoms with Gasteiger partial charge in [0.25, 0.3) is 17.5 Å². The summed E-state index contributed by atoms with van der Waals surface area (Å²) in [6, 6.07) is 1.72. The molecule has 11 heteroatoms. The summed E-state index contributed by atoms with van der Waals surface area (Å²) >= 11 is 0. The molecule has 120 valence electrons. The number of urea groups is 1. The highest BCUT2D eigenvalue weighted by Gasteiger charge is 2.34. The zero-order valence-corrected chi connectivity index (χ0v) is 11.8. The van der Waals surface area contributed by atoms with Crippen LogP contribution in [0.3, 0.4) is 0 Å². The van der Waals surface area contributed by atoms with E-state index in [9.17, 15) is 24.5 Å². The maximum absolute atomic E-state index is 11.4. The predicted octanol–water partition coefficient (Wildman–Crippen LogP) is 0.290. The van der Waals surface area contributed by atoms with Gasteiger partial charge >= 0.3 is 6.03 Å². The van der Waals surface area contributed by atoms with E-state index in [2.05, 4.69) is 10.2 Å². The lowest BCUT2D eigenvalue weighted by Gasteiger charge is -2.16. The second kappa shape index (κ2) is 6.60. The third-order valence-electron chi connectivity index (χ3n) is 2.90. The highest BCUT2D eigenvalue weighted by Crippen LogP contribution is 2.25. The third kappa shape index (κ3) is 3.64. The Labute approximate surface area is 128 Å². The van der Waals surface area contributed by atoms with Crippen LogP contribution in [0.5, 0.6) is 5.75 Å². The summed E-state index contributed by atoms with van der Waals surface area (Å²) in [6.07, 6.45) is 0. The van der Waals surface area contributed by atoms with Crippen molar-refractivity contribution < 1.29 is 24.0 Å². The molecule has 2 N–H and O–H groups in total. The topological polar surface area (TPSA) is 152 Å². The summed E-state index contributed by atoms with van der Waals surface area (Å²) in [5, 5.41) is 21.9. The monoisotopic (exact) mass is 321 g/mol. The fourth-order valence-corrected chi connectivity index (χ4v) is 1.79. The van der Waals surface area contributed by atoms with Crippen molar-refractivity contribution in [2.45, 2.75) is 12.6 Å². The first-order chi connectivity index (χ1) is 10.9. The SMILES string of the molecule is COc1ccc(CN=NC2C(=O)NC(=O)NC2=O)c([N+](=O)[O-])c1. The number of nitro benzene ring substituents is 1. The Morgan fingerprint density at radius 3 is 2.48 bits per heavy atom. The molecule has 11 nitrogen and oxygen atoms in total. The zero-order chi connectivity index (χ0) is 17.0. The summed E-state index contributed by atoms with van der Waals surface area (Å²) in [6.45, 7) is -0.217. The van der Waals surface area contributed by atoms with Crippen molar-refractivity contribution in [3.8, 4) is 5.75 Å². The van der Waals surface area contributed by atoms with E-state index in [1.165, 1.54) is 25.3 Å². The van der Waals surface area contributed by atoms with E-state index in [4.69, 9.17) is 4.74 Å². The lowest BCUT2D eigenvalue weighted by Crippen LogP contribution is -2.57. The molecule has 1 fully saturated rings. The average molecular weight is 321 g/mol. The van der Waals surface area contributed by atoms with Gasteiger partial charge in [0.05, 0.1) is 30.2 Å². The minimum atomic E-state index is -1.51. The zero-order valence-electron chi connectivity index (χ0n) is 11.8. The van der Waals surface area contributed by atoms with Crippen molar-refractivity contribution in [3.63, 3.8) is 0 Å². The van der Waals surface area contributed by atoms with Crippen molar-refractivity contribution >= 4 is 23.5 Å². The van der Waals surface area contributed by atoms with Crippen LogP contribution in [0.4, 0.5) is 10.5 Å². The second-order valence-electron chi connectivity index (χ2n) is 4.38. The molecule has 0 aliphatic carbocycles. The molecule has 0 spiro atoms. The number of imide groups is 2. The molecular weight excluding hydrogens is 310 g/mol. The molecule has 0 radical (unpaired) electrons. The third-order valence-corrected chi connectivity index (χ3v) is 2.90. The summed E-state index contributed by atoms with van der Waals surface area (Å²) in [5.41, 5.74) is 0.00303. The standard InChI is InChI=1S/C12H11N5O6/c1-23-7-3-2-6(8(4-7)17(21)22)5-13-16-9-10(18)14-12(20)15-11(9)19/h2-4,9H,5H2,1H3,(H2,14,15,18,19,20). The first kappa shape index (κ1) is 16.0. The number of azo groups is 1. The largest absolute Gasteiger partial charge is 0.497 e. The number of nitrogens with zero attached hydrogens (tertiary/aromatic N) is 3. The summed E-state index contributed by atoms with van der Waals surface area (Å²) < 4.78 is 4.90. The van der Waals surface area contributed by atoms with Crippen LogP contribution in [0.25, 0.3) is 0 Å². The number of nitro groups is 1. The van der Waals surface area contributed by atoms with Gasteiger partial charge in [0.1, 0.15) is 5.75 Å². The molecule has 1 aliphatic heterocycles. The quantitative estimate of drug-likeness (QED) is 0.344. The summed E-state index contributed by atoms with van der Waals surface area (Å²) in [7, 11) is 1.38. The minimum absolute atomic E-state index is 0.217. The summed E-state index contributed by atoms with van der Waals surface area (Å²) in [4.78, 5) is 44.2. The highest BCUT2D eigenvalue weighted by molar-refractivity contribution is 6.18. The van der Waals surface area contributed by atoms with E-state index in [-0.39, 0.29) is 17.8 Å². The van der Waals surface area contributed by atoms with E-state index in [1.54, 1.807) is 0 Å². The Morgan fingerprint density at radius 1 is 1.26 bits per heavy atom. The van der Waals surface area contributed by atoms with Gasteiger partial charge in [-0.3, -0.25) is 30.3 Å². The first-order valence-electron chi connectivity index (χ1n) is 6.26. The number of hydrogen-bond acceptors (Lipinski definition) is 8. The van der Waals surface area contributed by atoms with Crippen molar-refractivity contribution in [2.75, 3.05) is 7.11 Å². The molecule has 0 atom stereocenters. The molecule has 0 unspecified atom stereocenters. The van der Waals surface area contributed by atoms with Gasteiger partial charge in [-0.05, 0) is 12.1 Å². The lowest BCUT2D eigenvalue weighted by molar-refractivity contribution is -0.385. The Kier molecular flexibility index (Phi) is 4.59. The van der Waals surface area contributed by atoms with Crippen molar-refractivity contribution in [1.82, 2.24) is 10.6 Å². The number of carbonyl (C=O) groups excluding carboxylic acids is 3. The molecule has 0 aromatic heterocycles. The lowest BCUT2D eigenvalue weighted by atomic mass is 10.1. The van der Waals surface area contributed by atoms with Gasteiger partial charge in [-0.25, -0.2) is 4.79 Å². The van der Waals surface area contributed by atoms with Crippen molar-refractivity contribution in [2.24, 2.45) is 10.2 Å².